The Labute approximate surface area is 168 Å². The molecule has 144 valence electrons. The molecule has 0 fully saturated rings. The van der Waals surface area contributed by atoms with Crippen molar-refractivity contribution in [2.45, 2.75) is 13.5 Å². The number of carbonyl (C=O) groups excluding carboxylic acids is 1. The normalized spacial score (nSPS) is 15.0. The van der Waals surface area contributed by atoms with Crippen molar-refractivity contribution in [3.8, 4) is 5.75 Å². The number of anilines is 1. The van der Waals surface area contributed by atoms with E-state index >= 15 is 0 Å². The zero-order valence-electron chi connectivity index (χ0n) is 15.9. The van der Waals surface area contributed by atoms with Crippen molar-refractivity contribution < 1.29 is 13.9 Å². The van der Waals surface area contributed by atoms with Crippen LogP contribution in [0.1, 0.15) is 18.1 Å². The molecule has 0 saturated carbocycles. The first-order chi connectivity index (χ1) is 14.1. The molecule has 0 unspecified atom stereocenters. The number of hydrazone groups is 1. The van der Waals surface area contributed by atoms with Gasteiger partial charge in [0.25, 0.3) is 5.91 Å². The molecule has 0 aliphatic carbocycles. The third kappa shape index (κ3) is 4.09. The molecular weight excluding hydrogens is 367 g/mol. The summed E-state index contributed by atoms with van der Waals surface area (Å²) in [6.07, 6.45) is 1.81. The average Bonchev–Trinajstić information content (AvgIpc) is 3.03. The van der Waals surface area contributed by atoms with Gasteiger partial charge in [0.2, 0.25) is 0 Å². The summed E-state index contributed by atoms with van der Waals surface area (Å²) in [6, 6.07) is 23.2. The van der Waals surface area contributed by atoms with Crippen LogP contribution in [0.4, 0.5) is 10.1 Å². The molecule has 0 atom stereocenters. The minimum Gasteiger partial charge on any atom is -0.489 e. The molecule has 5 heteroatoms. The van der Waals surface area contributed by atoms with Crippen molar-refractivity contribution in [3.63, 3.8) is 0 Å². The highest BCUT2D eigenvalue weighted by Gasteiger charge is 2.28. The molecule has 1 amide bonds. The third-order valence-electron chi connectivity index (χ3n) is 4.61. The Morgan fingerprint density at radius 2 is 1.66 bits per heavy atom. The smallest absolute Gasteiger partial charge is 0.280 e. The maximum Gasteiger partial charge on any atom is 0.280 e. The lowest BCUT2D eigenvalue weighted by Crippen LogP contribution is -2.21. The number of nitrogens with zero attached hydrogens (tertiary/aromatic N) is 2. The quantitative estimate of drug-likeness (QED) is 0.565. The van der Waals surface area contributed by atoms with Gasteiger partial charge in [-0.05, 0) is 48.9 Å². The molecule has 4 nitrogen and oxygen atoms in total. The Morgan fingerprint density at radius 1 is 0.966 bits per heavy atom. The predicted molar refractivity (Wildman–Crippen MR) is 112 cm³/mol. The fourth-order valence-corrected chi connectivity index (χ4v) is 3.03. The summed E-state index contributed by atoms with van der Waals surface area (Å²) in [6.45, 7) is 1.97. The number of carbonyl (C=O) groups is 1. The minimum atomic E-state index is -0.286. The van der Waals surface area contributed by atoms with Crippen LogP contribution in [0.2, 0.25) is 0 Å². The fraction of sp³-hybridized carbons (Fsp3) is 0.0833. The number of rotatable bonds is 5. The SMILES string of the molecule is CC1=NN(c2ccccc2)C(=O)/C1=C/c1ccc(OCc2ccccc2F)cc1. The van der Waals surface area contributed by atoms with Gasteiger partial charge < -0.3 is 4.74 Å². The maximum absolute atomic E-state index is 13.7. The predicted octanol–water partition coefficient (Wildman–Crippen LogP) is 5.21. The van der Waals surface area contributed by atoms with Crippen LogP contribution in [0.15, 0.2) is 89.5 Å². The van der Waals surface area contributed by atoms with E-state index in [4.69, 9.17) is 4.74 Å². The Balaban J connectivity index is 1.47. The highest BCUT2D eigenvalue weighted by Crippen LogP contribution is 2.25. The number of halogens is 1. The summed E-state index contributed by atoms with van der Waals surface area (Å²) in [5.74, 6) is 0.185. The molecule has 1 heterocycles. The molecule has 3 aromatic carbocycles. The molecule has 0 saturated heterocycles. The maximum atomic E-state index is 13.7. The van der Waals surface area contributed by atoms with Gasteiger partial charge in [0, 0.05) is 5.56 Å². The van der Waals surface area contributed by atoms with Crippen molar-refractivity contribution in [1.29, 1.82) is 0 Å². The second-order valence-electron chi connectivity index (χ2n) is 6.65. The van der Waals surface area contributed by atoms with Gasteiger partial charge in [-0.25, -0.2) is 4.39 Å². The Morgan fingerprint density at radius 3 is 2.38 bits per heavy atom. The molecule has 4 rings (SSSR count). The van der Waals surface area contributed by atoms with E-state index in [-0.39, 0.29) is 18.3 Å². The molecule has 29 heavy (non-hydrogen) atoms. The Kier molecular flexibility index (Phi) is 5.20. The minimum absolute atomic E-state index is 0.156. The van der Waals surface area contributed by atoms with E-state index in [9.17, 15) is 9.18 Å². The van der Waals surface area contributed by atoms with Crippen molar-refractivity contribution in [1.82, 2.24) is 0 Å². The first-order valence-electron chi connectivity index (χ1n) is 9.25. The lowest BCUT2D eigenvalue weighted by Gasteiger charge is -2.11. The van der Waals surface area contributed by atoms with Gasteiger partial charge in [-0.1, -0.05) is 48.5 Å². The summed E-state index contributed by atoms with van der Waals surface area (Å²) < 4.78 is 19.3. The third-order valence-corrected chi connectivity index (χ3v) is 4.61. The highest BCUT2D eigenvalue weighted by molar-refractivity contribution is 6.32. The summed E-state index contributed by atoms with van der Waals surface area (Å²) in [5, 5.41) is 5.79. The van der Waals surface area contributed by atoms with Crippen LogP contribution in [-0.4, -0.2) is 11.6 Å². The van der Waals surface area contributed by atoms with E-state index in [0.717, 1.165) is 11.3 Å². The van der Waals surface area contributed by atoms with Crippen molar-refractivity contribution in [2.75, 3.05) is 5.01 Å². The van der Waals surface area contributed by atoms with Crippen LogP contribution >= 0.6 is 0 Å². The lowest BCUT2D eigenvalue weighted by atomic mass is 10.1. The van der Waals surface area contributed by atoms with E-state index in [2.05, 4.69) is 5.10 Å². The van der Waals surface area contributed by atoms with Crippen LogP contribution in [0.3, 0.4) is 0 Å². The van der Waals surface area contributed by atoms with Gasteiger partial charge in [0.15, 0.2) is 0 Å². The van der Waals surface area contributed by atoms with Gasteiger partial charge in [0.05, 0.1) is 17.0 Å². The van der Waals surface area contributed by atoms with Crippen LogP contribution in [0, 0.1) is 5.82 Å². The summed E-state index contributed by atoms with van der Waals surface area (Å²) in [4.78, 5) is 12.8. The standard InChI is InChI=1S/C24H19FN2O2/c1-17-22(24(28)27(26-17)20-8-3-2-4-9-20)15-18-11-13-21(14-12-18)29-16-19-7-5-6-10-23(19)25/h2-15H,16H2,1H3/b22-15+. The molecule has 0 bridgehead atoms. The molecule has 1 aliphatic rings. The molecule has 0 radical (unpaired) electrons. The lowest BCUT2D eigenvalue weighted by molar-refractivity contribution is -0.114. The number of hydrogen-bond acceptors (Lipinski definition) is 3. The monoisotopic (exact) mass is 386 g/mol. The van der Waals surface area contributed by atoms with E-state index in [1.807, 2.05) is 55.5 Å². The van der Waals surface area contributed by atoms with Crippen LogP contribution in [-0.2, 0) is 11.4 Å². The van der Waals surface area contributed by atoms with E-state index < -0.39 is 0 Å². The summed E-state index contributed by atoms with van der Waals surface area (Å²) >= 11 is 0. The first kappa shape index (κ1) is 18.6. The summed E-state index contributed by atoms with van der Waals surface area (Å²) in [5.41, 5.74) is 3.31. The Hall–Kier alpha value is -3.73. The van der Waals surface area contributed by atoms with Gasteiger partial charge in [-0.2, -0.15) is 10.1 Å². The molecule has 0 aromatic heterocycles. The number of para-hydroxylation sites is 1. The van der Waals surface area contributed by atoms with Crippen LogP contribution < -0.4 is 9.75 Å². The largest absolute Gasteiger partial charge is 0.489 e. The highest BCUT2D eigenvalue weighted by atomic mass is 19.1. The second kappa shape index (κ2) is 8.10. The zero-order valence-corrected chi connectivity index (χ0v) is 15.9. The zero-order chi connectivity index (χ0) is 20.2. The number of hydrogen-bond donors (Lipinski definition) is 0. The number of ether oxygens (including phenoxy) is 1. The summed E-state index contributed by atoms with van der Waals surface area (Å²) in [7, 11) is 0. The fourth-order valence-electron chi connectivity index (χ4n) is 3.03. The Bertz CT molecular complexity index is 1090. The molecule has 1 aliphatic heterocycles. The first-order valence-corrected chi connectivity index (χ1v) is 9.25. The topological polar surface area (TPSA) is 41.9 Å². The molecule has 0 spiro atoms. The average molecular weight is 386 g/mol. The van der Waals surface area contributed by atoms with Crippen molar-refractivity contribution in [3.05, 3.63) is 101 Å². The number of benzene rings is 3. The van der Waals surface area contributed by atoms with E-state index in [1.54, 1.807) is 30.3 Å². The van der Waals surface area contributed by atoms with Crippen molar-refractivity contribution in [2.24, 2.45) is 5.10 Å². The molecule has 3 aromatic rings. The van der Waals surface area contributed by atoms with Crippen molar-refractivity contribution >= 4 is 23.4 Å². The number of amides is 1. The van der Waals surface area contributed by atoms with E-state index in [0.29, 0.717) is 22.6 Å². The van der Waals surface area contributed by atoms with Gasteiger partial charge in [-0.3, -0.25) is 4.79 Å². The second-order valence-corrected chi connectivity index (χ2v) is 6.65. The van der Waals surface area contributed by atoms with E-state index in [1.165, 1.54) is 11.1 Å². The molecular formula is C24H19FN2O2. The van der Waals surface area contributed by atoms with Crippen LogP contribution in [0.5, 0.6) is 5.75 Å². The van der Waals surface area contributed by atoms with Crippen LogP contribution in [0.25, 0.3) is 6.08 Å². The van der Waals surface area contributed by atoms with Gasteiger partial charge >= 0.3 is 0 Å². The molecule has 0 N–H and O–H groups in total. The van der Waals surface area contributed by atoms with Gasteiger partial charge in [0.1, 0.15) is 18.2 Å². The van der Waals surface area contributed by atoms with Gasteiger partial charge in [-0.15, -0.1) is 0 Å².